The second-order valence-corrected chi connectivity index (χ2v) is 11.3. The van der Waals surface area contributed by atoms with Crippen LogP contribution >= 0.6 is 0 Å². The average Bonchev–Trinajstić information content (AvgIpc) is 3.73. The van der Waals surface area contributed by atoms with Crippen LogP contribution in [0.3, 0.4) is 0 Å². The summed E-state index contributed by atoms with van der Waals surface area (Å²) in [5.74, 6) is 0. The minimum Gasteiger partial charge on any atom is -0.455 e. The van der Waals surface area contributed by atoms with Crippen molar-refractivity contribution in [3.8, 4) is 44.5 Å². The van der Waals surface area contributed by atoms with Crippen molar-refractivity contribution in [1.29, 1.82) is 0 Å². The van der Waals surface area contributed by atoms with Gasteiger partial charge in [-0.15, -0.1) is 0 Å². The molecule has 1 heteroatoms. The zero-order chi connectivity index (χ0) is 48.8. The van der Waals surface area contributed by atoms with Crippen LogP contribution in [0.4, 0.5) is 0 Å². The van der Waals surface area contributed by atoms with E-state index in [-0.39, 0.29) is 49.4 Å². The van der Waals surface area contributed by atoms with E-state index in [0.717, 1.165) is 0 Å². The van der Waals surface area contributed by atoms with E-state index < -0.39 is 131 Å². The van der Waals surface area contributed by atoms with Gasteiger partial charge in [-0.3, -0.25) is 0 Å². The van der Waals surface area contributed by atoms with Crippen LogP contribution in [0, 0.1) is 0 Å². The minimum absolute atomic E-state index is 0.0159. The van der Waals surface area contributed by atoms with E-state index >= 15 is 0 Å². The van der Waals surface area contributed by atoms with Gasteiger partial charge < -0.3 is 4.42 Å². The second-order valence-electron chi connectivity index (χ2n) is 11.3. The Balaban J connectivity index is 1.39. The normalized spacial score (nSPS) is 17.1. The Hall–Kier alpha value is -6.44. The monoisotopic (exact) mass is 641 g/mol. The quantitative estimate of drug-likeness (QED) is 0.174. The molecular formula is C48H30O. The maximum absolute atomic E-state index is 9.93. The first kappa shape index (κ1) is 14.8. The highest BCUT2D eigenvalue weighted by Crippen LogP contribution is 2.48. The standard InChI is InChI=1S/C48H30O/c1-3-15-31(16-4-1)33-19-13-20-34(29-33)45-36-22-8-10-24-38(36)46(39-25-11-9-23-37(39)45)41-27-14-28-44-47(41)43-30-42(32-17-5-2-6-18-32)35-21-7-12-26-40(35)48(43)49-44/h1-30H/i1D,2D,3D,4D,5D,6D,7D,12D,13D,15D,16D,17D,18D,19D,20D,21D,26D,29D,30D. The molecule has 0 radical (unpaired) electrons. The van der Waals surface area contributed by atoms with Crippen molar-refractivity contribution in [2.24, 2.45) is 0 Å². The fourth-order valence-electron chi connectivity index (χ4n) is 6.73. The third-order valence-corrected chi connectivity index (χ3v) is 8.71. The largest absolute Gasteiger partial charge is 0.455 e. The van der Waals surface area contributed by atoms with Crippen molar-refractivity contribution in [3.05, 3.63) is 182 Å². The van der Waals surface area contributed by atoms with E-state index in [1.807, 2.05) is 0 Å². The number of hydrogen-bond acceptors (Lipinski definition) is 1. The van der Waals surface area contributed by atoms with Gasteiger partial charge in [0, 0.05) is 16.2 Å². The van der Waals surface area contributed by atoms with E-state index in [2.05, 4.69) is 0 Å². The molecule has 49 heavy (non-hydrogen) atoms. The Morgan fingerprint density at radius 1 is 0.367 bits per heavy atom. The van der Waals surface area contributed by atoms with Crippen molar-refractivity contribution >= 4 is 54.3 Å². The van der Waals surface area contributed by atoms with Gasteiger partial charge >= 0.3 is 0 Å². The van der Waals surface area contributed by atoms with Crippen LogP contribution in [0.25, 0.3) is 98.8 Å². The predicted octanol–water partition coefficient (Wildman–Crippen LogP) is 13.7. The maximum atomic E-state index is 9.93. The van der Waals surface area contributed by atoms with Gasteiger partial charge in [-0.25, -0.2) is 0 Å². The minimum atomic E-state index is -0.715. The molecular weight excluding hydrogens is 593 g/mol. The van der Waals surface area contributed by atoms with Crippen molar-refractivity contribution in [1.82, 2.24) is 0 Å². The molecule has 0 aliphatic heterocycles. The predicted molar refractivity (Wildman–Crippen MR) is 208 cm³/mol. The molecule has 0 aliphatic carbocycles. The van der Waals surface area contributed by atoms with Crippen molar-refractivity contribution in [3.63, 3.8) is 0 Å². The highest BCUT2D eigenvalue weighted by molar-refractivity contribution is 6.28. The maximum Gasteiger partial charge on any atom is 0.143 e. The molecule has 1 aromatic heterocycles. The first-order valence-corrected chi connectivity index (χ1v) is 15.3. The van der Waals surface area contributed by atoms with Crippen molar-refractivity contribution in [2.75, 3.05) is 0 Å². The summed E-state index contributed by atoms with van der Waals surface area (Å²) in [6.07, 6.45) is 0. The van der Waals surface area contributed by atoms with E-state index in [9.17, 15) is 4.11 Å². The van der Waals surface area contributed by atoms with Crippen LogP contribution < -0.4 is 0 Å². The molecule has 0 amide bonds. The fourth-order valence-corrected chi connectivity index (χ4v) is 6.73. The fraction of sp³-hybridized carbons (Fsp3) is 0. The van der Waals surface area contributed by atoms with Crippen LogP contribution in [0.1, 0.15) is 26.0 Å². The highest BCUT2D eigenvalue weighted by Gasteiger charge is 2.22. The molecule has 1 nitrogen and oxygen atoms in total. The molecule has 0 saturated carbocycles. The summed E-state index contributed by atoms with van der Waals surface area (Å²) in [7, 11) is 0. The lowest BCUT2D eigenvalue weighted by molar-refractivity contribution is 0.673. The number of fused-ring (bicyclic) bond motifs is 7. The van der Waals surface area contributed by atoms with Gasteiger partial charge in [-0.2, -0.15) is 0 Å². The third kappa shape index (κ3) is 4.33. The summed E-state index contributed by atoms with van der Waals surface area (Å²) in [4.78, 5) is 0. The Morgan fingerprint density at radius 3 is 1.63 bits per heavy atom. The van der Waals surface area contributed by atoms with Crippen molar-refractivity contribution < 1.29 is 30.5 Å². The van der Waals surface area contributed by atoms with E-state index in [1.165, 1.54) is 0 Å². The summed E-state index contributed by atoms with van der Waals surface area (Å²) in [6.45, 7) is 0. The molecule has 0 aliphatic rings. The molecule has 0 unspecified atom stereocenters. The van der Waals surface area contributed by atoms with Crippen LogP contribution in [0.5, 0.6) is 0 Å². The first-order chi connectivity index (χ1) is 32.2. The van der Waals surface area contributed by atoms with Crippen LogP contribution in [-0.2, 0) is 0 Å². The van der Waals surface area contributed by atoms with Gasteiger partial charge in [0.15, 0.2) is 0 Å². The van der Waals surface area contributed by atoms with E-state index in [0.29, 0.717) is 32.7 Å². The van der Waals surface area contributed by atoms with Crippen LogP contribution in [-0.4, -0.2) is 0 Å². The van der Waals surface area contributed by atoms with Crippen LogP contribution in [0.15, 0.2) is 186 Å². The Kier molecular flexibility index (Phi) is 3.34. The molecule has 0 atom stereocenters. The van der Waals surface area contributed by atoms with E-state index in [4.69, 9.17) is 26.3 Å². The van der Waals surface area contributed by atoms with Gasteiger partial charge in [-0.1, -0.05) is 163 Å². The number of benzene rings is 9. The molecule has 0 spiro atoms. The first-order valence-electron chi connectivity index (χ1n) is 24.8. The lowest BCUT2D eigenvalue weighted by Crippen LogP contribution is -1.91. The summed E-state index contributed by atoms with van der Waals surface area (Å²) >= 11 is 0. The molecule has 9 aromatic carbocycles. The summed E-state index contributed by atoms with van der Waals surface area (Å²) in [6, 6.07) is 6.77. The summed E-state index contributed by atoms with van der Waals surface area (Å²) in [5.41, 5.74) is -0.517. The van der Waals surface area contributed by atoms with Gasteiger partial charge in [0.2, 0.25) is 0 Å². The lowest BCUT2D eigenvalue weighted by Gasteiger charge is -2.18. The van der Waals surface area contributed by atoms with Crippen LogP contribution in [0.2, 0.25) is 0 Å². The SMILES string of the molecule is [2H]c1c([2H])c([2H])c(-c2c([2H])c([2H])c([2H])c(-c3c4ccccc4c(-c4cccc5oc6c7c([2H])c([2H])c([2H])c([2H])c7c(-c7c([2H])c([2H])c([2H])c([2H])c7[2H])c([2H])c6c45)c4ccccc34)c2[2H])c([2H])c1[2H]. The third-order valence-electron chi connectivity index (χ3n) is 8.71. The second kappa shape index (κ2) is 11.1. The topological polar surface area (TPSA) is 13.1 Å². The molecule has 0 saturated heterocycles. The highest BCUT2D eigenvalue weighted by atomic mass is 16.3. The zero-order valence-corrected chi connectivity index (χ0v) is 25.3. The van der Waals surface area contributed by atoms with Gasteiger partial charge in [-0.05, 0) is 89.6 Å². The molecule has 1 heterocycles. The van der Waals surface area contributed by atoms with Gasteiger partial charge in [0.1, 0.15) is 11.2 Å². The summed E-state index contributed by atoms with van der Waals surface area (Å²) in [5, 5.41) is 1.71. The van der Waals surface area contributed by atoms with E-state index in [1.54, 1.807) is 66.7 Å². The molecule has 228 valence electrons. The van der Waals surface area contributed by atoms with Gasteiger partial charge in [0.25, 0.3) is 0 Å². The Bertz CT molecular complexity index is 3850. The smallest absolute Gasteiger partial charge is 0.143 e. The Labute approximate surface area is 311 Å². The molecule has 0 bridgehead atoms. The van der Waals surface area contributed by atoms with Gasteiger partial charge in [0.05, 0.1) is 26.0 Å². The number of rotatable bonds is 4. The molecule has 10 rings (SSSR count). The zero-order valence-electron chi connectivity index (χ0n) is 44.3. The Morgan fingerprint density at radius 2 is 0.939 bits per heavy atom. The summed E-state index contributed by atoms with van der Waals surface area (Å²) < 4.78 is 174. The molecule has 0 fully saturated rings. The van der Waals surface area contributed by atoms with Crippen molar-refractivity contribution in [2.45, 2.75) is 0 Å². The average molecular weight is 642 g/mol. The molecule has 0 N–H and O–H groups in total. The molecule has 10 aromatic rings. The lowest BCUT2D eigenvalue weighted by atomic mass is 9.84. The number of hydrogen-bond donors (Lipinski definition) is 0. The number of furan rings is 1.